The first-order chi connectivity index (χ1) is 15.1. The van der Waals surface area contributed by atoms with Crippen molar-refractivity contribution in [1.82, 2.24) is 19.3 Å². The average molecular weight is 472 g/mol. The molecule has 1 fully saturated rings. The fourth-order valence-corrected chi connectivity index (χ4v) is 5.15. The Hall–Kier alpha value is -2.61. The smallest absolute Gasteiger partial charge is 0.228 e. The van der Waals surface area contributed by atoms with Crippen molar-refractivity contribution in [3.05, 3.63) is 69.9 Å². The normalized spacial score (nSPS) is 14.4. The molecular weight excluding hydrogens is 453 g/mol. The second kappa shape index (κ2) is 8.49. The van der Waals surface area contributed by atoms with Gasteiger partial charge in [-0.3, -0.25) is 9.20 Å². The number of amides is 1. The predicted octanol–water partition coefficient (Wildman–Crippen LogP) is 4.66. The summed E-state index contributed by atoms with van der Waals surface area (Å²) in [7, 11) is 0. The molecule has 4 heterocycles. The van der Waals surface area contributed by atoms with Crippen molar-refractivity contribution in [2.24, 2.45) is 0 Å². The molecule has 0 atom stereocenters. The summed E-state index contributed by atoms with van der Waals surface area (Å²) in [6.45, 7) is 2.63. The number of imidazole rings is 1. The maximum absolute atomic E-state index is 13.0. The van der Waals surface area contributed by atoms with E-state index in [4.69, 9.17) is 28.2 Å². The highest BCUT2D eigenvalue weighted by Gasteiger charge is 2.24. The van der Waals surface area contributed by atoms with Gasteiger partial charge in [-0.1, -0.05) is 53.5 Å². The van der Waals surface area contributed by atoms with Crippen LogP contribution in [0.3, 0.4) is 0 Å². The van der Waals surface area contributed by atoms with Gasteiger partial charge in [0.2, 0.25) is 5.91 Å². The van der Waals surface area contributed by atoms with Crippen LogP contribution in [0.25, 0.3) is 16.2 Å². The zero-order valence-electron chi connectivity index (χ0n) is 16.5. The Kier molecular flexibility index (Phi) is 5.56. The Bertz CT molecular complexity index is 1230. The highest BCUT2D eigenvalue weighted by atomic mass is 35.5. The Morgan fingerprint density at radius 2 is 1.87 bits per heavy atom. The van der Waals surface area contributed by atoms with Crippen molar-refractivity contribution in [3.63, 3.8) is 0 Å². The lowest BCUT2D eigenvalue weighted by atomic mass is 10.2. The number of aromatic nitrogens is 3. The summed E-state index contributed by atoms with van der Waals surface area (Å²) in [4.78, 5) is 26.9. The number of hydrogen-bond donors (Lipinski definition) is 0. The summed E-state index contributed by atoms with van der Waals surface area (Å²) in [6, 6.07) is 11.8. The van der Waals surface area contributed by atoms with Crippen molar-refractivity contribution in [2.45, 2.75) is 6.42 Å². The minimum atomic E-state index is 0.115. The number of nitrogens with zero attached hydrogens (tertiary/aromatic N) is 5. The predicted molar refractivity (Wildman–Crippen MR) is 125 cm³/mol. The zero-order chi connectivity index (χ0) is 21.4. The molecule has 0 spiro atoms. The van der Waals surface area contributed by atoms with Crippen LogP contribution in [0, 0.1) is 0 Å². The number of benzene rings is 1. The van der Waals surface area contributed by atoms with Gasteiger partial charge in [0.1, 0.15) is 5.82 Å². The lowest BCUT2D eigenvalue weighted by molar-refractivity contribution is -0.130. The number of rotatable bonds is 4. The first-order valence-corrected chi connectivity index (χ1v) is 11.6. The molecule has 4 aromatic rings. The third-order valence-electron chi connectivity index (χ3n) is 5.41. The molecule has 1 aliphatic heterocycles. The summed E-state index contributed by atoms with van der Waals surface area (Å²) in [6.07, 6.45) is 3.96. The maximum Gasteiger partial charge on any atom is 0.228 e. The van der Waals surface area contributed by atoms with Crippen molar-refractivity contribution in [1.29, 1.82) is 0 Å². The fourth-order valence-electron chi connectivity index (χ4n) is 3.78. The molecule has 3 aromatic heterocycles. The van der Waals surface area contributed by atoms with E-state index in [2.05, 4.69) is 9.88 Å². The quantitative estimate of drug-likeness (QED) is 0.434. The van der Waals surface area contributed by atoms with Gasteiger partial charge >= 0.3 is 0 Å². The molecule has 0 unspecified atom stereocenters. The average Bonchev–Trinajstić information content (AvgIpc) is 3.37. The van der Waals surface area contributed by atoms with Crippen molar-refractivity contribution < 1.29 is 4.79 Å². The Labute approximate surface area is 193 Å². The molecule has 6 nitrogen and oxygen atoms in total. The molecule has 1 aromatic carbocycles. The Balaban J connectivity index is 1.26. The number of piperazine rings is 1. The fraction of sp³-hybridized carbons (Fsp3) is 0.227. The zero-order valence-corrected chi connectivity index (χ0v) is 18.9. The Morgan fingerprint density at radius 3 is 2.61 bits per heavy atom. The largest absolute Gasteiger partial charge is 0.352 e. The number of halogens is 2. The molecule has 1 amide bonds. The SMILES string of the molecule is O=C(Cc1csc2nc(-c3ccccc3)cn12)N1CCN(c2ncc(Cl)cc2Cl)CC1. The maximum atomic E-state index is 13.0. The highest BCUT2D eigenvalue weighted by Crippen LogP contribution is 2.27. The van der Waals surface area contributed by atoms with E-state index in [1.807, 2.05) is 51.2 Å². The lowest BCUT2D eigenvalue weighted by Gasteiger charge is -2.35. The number of carbonyl (C=O) groups excluding carboxylic acids is 1. The van der Waals surface area contributed by atoms with Gasteiger partial charge in [-0.2, -0.15) is 0 Å². The van der Waals surface area contributed by atoms with Crippen LogP contribution in [0.15, 0.2) is 54.2 Å². The third-order valence-corrected chi connectivity index (χ3v) is 6.78. The summed E-state index contributed by atoms with van der Waals surface area (Å²) >= 11 is 13.8. The monoisotopic (exact) mass is 471 g/mol. The lowest BCUT2D eigenvalue weighted by Crippen LogP contribution is -2.49. The molecule has 0 aliphatic carbocycles. The van der Waals surface area contributed by atoms with Gasteiger partial charge < -0.3 is 9.80 Å². The summed E-state index contributed by atoms with van der Waals surface area (Å²) in [5.41, 5.74) is 2.95. The number of anilines is 1. The number of hydrogen-bond acceptors (Lipinski definition) is 5. The van der Waals surface area contributed by atoms with E-state index in [1.165, 1.54) is 0 Å². The molecule has 1 aliphatic rings. The van der Waals surface area contributed by atoms with Crippen LogP contribution in [0.2, 0.25) is 10.0 Å². The number of fused-ring (bicyclic) bond motifs is 1. The van der Waals surface area contributed by atoms with Gasteiger partial charge in [0.15, 0.2) is 4.96 Å². The van der Waals surface area contributed by atoms with Crippen LogP contribution in [0.1, 0.15) is 5.69 Å². The van der Waals surface area contributed by atoms with Crippen LogP contribution in [0.5, 0.6) is 0 Å². The van der Waals surface area contributed by atoms with Gasteiger partial charge in [0.05, 0.1) is 22.2 Å². The van der Waals surface area contributed by atoms with E-state index >= 15 is 0 Å². The molecule has 1 saturated heterocycles. The second-order valence-corrected chi connectivity index (χ2v) is 9.06. The molecule has 0 N–H and O–H groups in total. The van der Waals surface area contributed by atoms with Crippen molar-refractivity contribution in [2.75, 3.05) is 31.1 Å². The van der Waals surface area contributed by atoms with Gasteiger partial charge in [0, 0.05) is 55.2 Å². The van der Waals surface area contributed by atoms with Gasteiger partial charge in [-0.15, -0.1) is 11.3 Å². The molecule has 158 valence electrons. The van der Waals surface area contributed by atoms with Crippen LogP contribution in [-0.4, -0.2) is 51.4 Å². The number of carbonyl (C=O) groups is 1. The molecule has 5 rings (SSSR count). The molecule has 0 radical (unpaired) electrons. The van der Waals surface area contributed by atoms with E-state index in [0.717, 1.165) is 21.9 Å². The van der Waals surface area contributed by atoms with Crippen LogP contribution < -0.4 is 4.90 Å². The van der Waals surface area contributed by atoms with Gasteiger partial charge in [0.25, 0.3) is 0 Å². The van der Waals surface area contributed by atoms with E-state index in [-0.39, 0.29) is 5.91 Å². The van der Waals surface area contributed by atoms with Crippen LogP contribution in [-0.2, 0) is 11.2 Å². The minimum absolute atomic E-state index is 0.115. The first-order valence-electron chi connectivity index (χ1n) is 9.93. The number of thiazole rings is 1. The summed E-state index contributed by atoms with van der Waals surface area (Å²) < 4.78 is 2.03. The summed E-state index contributed by atoms with van der Waals surface area (Å²) in [5, 5.41) is 3.06. The third kappa shape index (κ3) is 4.13. The molecule has 9 heteroatoms. The van der Waals surface area contributed by atoms with E-state index in [9.17, 15) is 4.79 Å². The van der Waals surface area contributed by atoms with Gasteiger partial charge in [-0.05, 0) is 6.07 Å². The number of pyridine rings is 1. The van der Waals surface area contributed by atoms with Gasteiger partial charge in [-0.25, -0.2) is 9.97 Å². The second-order valence-electron chi connectivity index (χ2n) is 7.38. The standard InChI is InChI=1S/C22H19Cl2N5OS/c23-16-10-18(24)21(25-12-16)28-8-6-27(7-9-28)20(30)11-17-14-31-22-26-19(13-29(17)22)15-4-2-1-3-5-15/h1-5,10,12-14H,6-9,11H2. The van der Waals surface area contributed by atoms with Crippen LogP contribution in [0.4, 0.5) is 5.82 Å². The van der Waals surface area contributed by atoms with E-state index < -0.39 is 0 Å². The molecule has 0 bridgehead atoms. The molecule has 0 saturated carbocycles. The minimum Gasteiger partial charge on any atom is -0.352 e. The van der Waals surface area contributed by atoms with Crippen molar-refractivity contribution >= 4 is 51.2 Å². The highest BCUT2D eigenvalue weighted by molar-refractivity contribution is 7.15. The van der Waals surface area contributed by atoms with E-state index in [0.29, 0.717) is 48.5 Å². The topological polar surface area (TPSA) is 53.7 Å². The molecular formula is C22H19Cl2N5OS. The summed E-state index contributed by atoms with van der Waals surface area (Å²) in [5.74, 6) is 0.828. The van der Waals surface area contributed by atoms with Crippen LogP contribution >= 0.6 is 34.5 Å². The van der Waals surface area contributed by atoms with E-state index in [1.54, 1.807) is 23.6 Å². The van der Waals surface area contributed by atoms with Crippen molar-refractivity contribution in [3.8, 4) is 11.3 Å². The Morgan fingerprint density at radius 1 is 1.10 bits per heavy atom. The molecule has 31 heavy (non-hydrogen) atoms. The first kappa shape index (κ1) is 20.3.